The second-order valence-corrected chi connectivity index (χ2v) is 4.71. The third-order valence-electron chi connectivity index (χ3n) is 3.24. The lowest BCUT2D eigenvalue weighted by Crippen LogP contribution is -2.34. The van der Waals surface area contributed by atoms with Crippen LogP contribution in [0.15, 0.2) is 4.99 Å². The molecule has 1 aliphatic heterocycles. The standard InChI is InChI=1S/C11H17N3O3/c15-8-9(16)14-10(13-8)12-7-11(17)5-3-1-2-4-6-11/h17H,1-7H2,(H2,12,13,14,15,16). The Morgan fingerprint density at radius 1 is 1.06 bits per heavy atom. The van der Waals surface area contributed by atoms with Gasteiger partial charge < -0.3 is 5.11 Å². The van der Waals surface area contributed by atoms with E-state index in [0.717, 1.165) is 38.5 Å². The second kappa shape index (κ2) is 4.83. The van der Waals surface area contributed by atoms with Gasteiger partial charge in [0.05, 0.1) is 12.1 Å². The number of aliphatic imine (C=N–C) groups is 1. The Bertz CT molecular complexity index is 339. The highest BCUT2D eigenvalue weighted by Crippen LogP contribution is 2.27. The molecule has 0 spiro atoms. The highest BCUT2D eigenvalue weighted by molar-refractivity contribution is 6.45. The number of carbonyl (C=O) groups excluding carboxylic acids is 2. The Morgan fingerprint density at radius 2 is 1.59 bits per heavy atom. The van der Waals surface area contributed by atoms with Crippen molar-refractivity contribution in [1.82, 2.24) is 10.6 Å². The zero-order chi connectivity index (χ0) is 12.3. The van der Waals surface area contributed by atoms with E-state index in [-0.39, 0.29) is 12.5 Å². The fourth-order valence-corrected chi connectivity index (χ4v) is 2.21. The molecule has 0 bridgehead atoms. The topological polar surface area (TPSA) is 90.8 Å². The van der Waals surface area contributed by atoms with Crippen molar-refractivity contribution in [1.29, 1.82) is 0 Å². The van der Waals surface area contributed by atoms with Gasteiger partial charge in [0.15, 0.2) is 0 Å². The van der Waals surface area contributed by atoms with Gasteiger partial charge in [0.2, 0.25) is 5.96 Å². The maximum atomic E-state index is 10.9. The molecule has 2 amide bonds. The number of hydrogen-bond donors (Lipinski definition) is 3. The number of carbonyl (C=O) groups is 2. The minimum Gasteiger partial charge on any atom is -0.388 e. The van der Waals surface area contributed by atoms with Crippen LogP contribution in [0.3, 0.4) is 0 Å². The van der Waals surface area contributed by atoms with Gasteiger partial charge in [-0.25, -0.2) is 4.99 Å². The molecule has 3 N–H and O–H groups in total. The molecule has 2 aliphatic rings. The number of nitrogens with one attached hydrogen (secondary N) is 2. The Hall–Kier alpha value is -1.43. The Balaban J connectivity index is 1.94. The van der Waals surface area contributed by atoms with E-state index < -0.39 is 17.4 Å². The summed E-state index contributed by atoms with van der Waals surface area (Å²) in [7, 11) is 0. The van der Waals surface area contributed by atoms with Gasteiger partial charge in [-0.05, 0) is 12.8 Å². The van der Waals surface area contributed by atoms with E-state index in [9.17, 15) is 14.7 Å². The molecule has 1 saturated heterocycles. The molecule has 94 valence electrons. The summed E-state index contributed by atoms with van der Waals surface area (Å²) in [5, 5.41) is 14.9. The van der Waals surface area contributed by atoms with Crippen LogP contribution < -0.4 is 10.6 Å². The van der Waals surface area contributed by atoms with Gasteiger partial charge in [-0.2, -0.15) is 0 Å². The number of amides is 2. The number of hydrogen-bond acceptors (Lipinski definition) is 4. The molecule has 6 nitrogen and oxygen atoms in total. The van der Waals surface area contributed by atoms with Crippen molar-refractivity contribution in [3.05, 3.63) is 0 Å². The first-order chi connectivity index (χ1) is 8.09. The largest absolute Gasteiger partial charge is 0.388 e. The van der Waals surface area contributed by atoms with E-state index in [1.807, 2.05) is 0 Å². The van der Waals surface area contributed by atoms with Crippen molar-refractivity contribution in [2.75, 3.05) is 6.54 Å². The van der Waals surface area contributed by atoms with Crippen LogP contribution in [0.4, 0.5) is 0 Å². The summed E-state index contributed by atoms with van der Waals surface area (Å²) in [5.41, 5.74) is -0.790. The van der Waals surface area contributed by atoms with Crippen molar-refractivity contribution in [3.63, 3.8) is 0 Å². The maximum Gasteiger partial charge on any atom is 0.316 e. The molecule has 2 rings (SSSR count). The van der Waals surface area contributed by atoms with Crippen molar-refractivity contribution >= 4 is 17.8 Å². The molecule has 2 fully saturated rings. The molecule has 0 aromatic rings. The number of aliphatic hydroxyl groups is 1. The molecular formula is C11H17N3O3. The first kappa shape index (κ1) is 12.0. The van der Waals surface area contributed by atoms with Crippen LogP contribution in [0, 0.1) is 0 Å². The van der Waals surface area contributed by atoms with E-state index in [1.165, 1.54) is 0 Å². The fraction of sp³-hybridized carbons (Fsp3) is 0.727. The highest BCUT2D eigenvalue weighted by atomic mass is 16.3. The molecule has 1 heterocycles. The fourth-order valence-electron chi connectivity index (χ4n) is 2.21. The van der Waals surface area contributed by atoms with E-state index in [1.54, 1.807) is 0 Å². The van der Waals surface area contributed by atoms with E-state index in [0.29, 0.717) is 0 Å². The van der Waals surface area contributed by atoms with E-state index in [4.69, 9.17) is 0 Å². The average molecular weight is 239 g/mol. The molecule has 6 heteroatoms. The minimum atomic E-state index is -0.790. The van der Waals surface area contributed by atoms with Crippen molar-refractivity contribution in [2.45, 2.75) is 44.1 Å². The SMILES string of the molecule is O=C1NC(=NCC2(O)CCCCCC2)NC1=O. The monoisotopic (exact) mass is 239 g/mol. The number of guanidine groups is 1. The van der Waals surface area contributed by atoms with Crippen LogP contribution in [0.5, 0.6) is 0 Å². The Kier molecular flexibility index (Phi) is 3.42. The van der Waals surface area contributed by atoms with E-state index in [2.05, 4.69) is 15.6 Å². The Morgan fingerprint density at radius 3 is 2.12 bits per heavy atom. The highest BCUT2D eigenvalue weighted by Gasteiger charge is 2.30. The van der Waals surface area contributed by atoms with Gasteiger partial charge in [0.1, 0.15) is 0 Å². The van der Waals surface area contributed by atoms with Crippen LogP contribution >= 0.6 is 0 Å². The van der Waals surface area contributed by atoms with Crippen LogP contribution in [-0.4, -0.2) is 35.0 Å². The normalized spacial score (nSPS) is 23.9. The zero-order valence-electron chi connectivity index (χ0n) is 9.66. The summed E-state index contributed by atoms with van der Waals surface area (Å²) >= 11 is 0. The summed E-state index contributed by atoms with van der Waals surface area (Å²) in [4.78, 5) is 25.9. The number of rotatable bonds is 2. The zero-order valence-corrected chi connectivity index (χ0v) is 9.66. The predicted octanol–water partition coefficient (Wildman–Crippen LogP) is -0.326. The van der Waals surface area contributed by atoms with Crippen LogP contribution in [0.25, 0.3) is 0 Å². The van der Waals surface area contributed by atoms with Gasteiger partial charge in [-0.3, -0.25) is 20.2 Å². The lowest BCUT2D eigenvalue weighted by molar-refractivity contribution is -0.135. The molecule has 0 atom stereocenters. The summed E-state index contributed by atoms with van der Waals surface area (Å²) in [6.07, 6.45) is 5.75. The molecule has 0 radical (unpaired) electrons. The second-order valence-electron chi connectivity index (χ2n) is 4.71. The lowest BCUT2D eigenvalue weighted by Gasteiger charge is -2.24. The van der Waals surface area contributed by atoms with Crippen molar-refractivity contribution < 1.29 is 14.7 Å². The van der Waals surface area contributed by atoms with Gasteiger partial charge in [-0.1, -0.05) is 25.7 Å². The van der Waals surface area contributed by atoms with Crippen molar-refractivity contribution in [2.24, 2.45) is 4.99 Å². The molecular weight excluding hydrogens is 222 g/mol. The van der Waals surface area contributed by atoms with Crippen molar-refractivity contribution in [3.8, 4) is 0 Å². The first-order valence-electron chi connectivity index (χ1n) is 5.98. The summed E-state index contributed by atoms with van der Waals surface area (Å²) in [6, 6.07) is 0. The molecule has 17 heavy (non-hydrogen) atoms. The smallest absolute Gasteiger partial charge is 0.316 e. The van der Waals surface area contributed by atoms with Crippen LogP contribution in [0.1, 0.15) is 38.5 Å². The quantitative estimate of drug-likeness (QED) is 0.455. The molecule has 0 unspecified atom stereocenters. The third-order valence-corrected chi connectivity index (χ3v) is 3.24. The van der Waals surface area contributed by atoms with Gasteiger partial charge in [0, 0.05) is 0 Å². The predicted molar refractivity (Wildman–Crippen MR) is 61.2 cm³/mol. The molecule has 1 saturated carbocycles. The Labute approximate surface area is 99.5 Å². The van der Waals surface area contributed by atoms with Gasteiger partial charge >= 0.3 is 11.8 Å². The summed E-state index contributed by atoms with van der Waals surface area (Å²) in [6.45, 7) is 0.225. The third kappa shape index (κ3) is 3.03. The average Bonchev–Trinajstić information content (AvgIpc) is 2.51. The number of nitrogens with zero attached hydrogens (tertiary/aromatic N) is 1. The first-order valence-corrected chi connectivity index (χ1v) is 5.98. The van der Waals surface area contributed by atoms with E-state index >= 15 is 0 Å². The maximum absolute atomic E-state index is 10.9. The lowest BCUT2D eigenvalue weighted by atomic mass is 9.95. The molecule has 0 aromatic heterocycles. The molecule has 0 aromatic carbocycles. The molecule has 1 aliphatic carbocycles. The van der Waals surface area contributed by atoms with Gasteiger partial charge in [-0.15, -0.1) is 0 Å². The minimum absolute atomic E-state index is 0.151. The van der Waals surface area contributed by atoms with Crippen LogP contribution in [-0.2, 0) is 9.59 Å². The van der Waals surface area contributed by atoms with Crippen LogP contribution in [0.2, 0.25) is 0 Å². The van der Waals surface area contributed by atoms with Gasteiger partial charge in [0.25, 0.3) is 0 Å². The summed E-state index contributed by atoms with van der Waals surface area (Å²) in [5.74, 6) is -1.24. The summed E-state index contributed by atoms with van der Waals surface area (Å²) < 4.78 is 0.